The lowest BCUT2D eigenvalue weighted by Crippen LogP contribution is -2.45. The Morgan fingerprint density at radius 2 is 1.74 bits per heavy atom. The van der Waals surface area contributed by atoms with Gasteiger partial charge in [-0.25, -0.2) is 4.79 Å². The van der Waals surface area contributed by atoms with Crippen molar-refractivity contribution >= 4 is 34.7 Å². The Morgan fingerprint density at radius 3 is 2.22 bits per heavy atom. The van der Waals surface area contributed by atoms with Crippen molar-refractivity contribution in [3.05, 3.63) is 35.4 Å². The highest BCUT2D eigenvalue weighted by Gasteiger charge is 2.43. The van der Waals surface area contributed by atoms with E-state index >= 15 is 0 Å². The van der Waals surface area contributed by atoms with E-state index in [9.17, 15) is 19.2 Å². The maximum absolute atomic E-state index is 12.4. The Morgan fingerprint density at radius 1 is 1.17 bits per heavy atom. The molecule has 6 nitrogen and oxygen atoms in total. The Bertz CT molecular complexity index is 623. The molecule has 0 radical (unpaired) electrons. The molecule has 2 rings (SSSR count). The zero-order chi connectivity index (χ0) is 17.0. The first-order valence-electron chi connectivity index (χ1n) is 7.21. The highest BCUT2D eigenvalue weighted by molar-refractivity contribution is 8.13. The standard InChI is InChI=1S/C16H17NO5S/c1-3-23-13(18)9-8-12(16(21)22-2)17-14(19)10-6-4-5-7-11(10)15(17)20/h4-7,12H,3,8-9H2,1-2H3/t12-/m0/s1. The number of nitrogens with zero attached hydrogens (tertiary/aromatic N) is 1. The second-order valence-corrected chi connectivity index (χ2v) is 6.23. The van der Waals surface area contributed by atoms with Crippen LogP contribution in [0.5, 0.6) is 0 Å². The van der Waals surface area contributed by atoms with E-state index in [-0.39, 0.29) is 29.1 Å². The highest BCUT2D eigenvalue weighted by Crippen LogP contribution is 2.27. The second-order valence-electron chi connectivity index (χ2n) is 4.91. The number of methoxy groups -OCH3 is 1. The van der Waals surface area contributed by atoms with E-state index in [1.54, 1.807) is 24.3 Å². The minimum Gasteiger partial charge on any atom is -0.467 e. The maximum Gasteiger partial charge on any atom is 0.329 e. The molecule has 0 unspecified atom stereocenters. The van der Waals surface area contributed by atoms with Crippen LogP contribution in [0.25, 0.3) is 0 Å². The Labute approximate surface area is 138 Å². The number of imide groups is 1. The van der Waals surface area contributed by atoms with Gasteiger partial charge >= 0.3 is 5.97 Å². The molecule has 0 aliphatic carbocycles. The predicted octanol–water partition coefficient (Wildman–Crippen LogP) is 1.88. The summed E-state index contributed by atoms with van der Waals surface area (Å²) in [7, 11) is 1.19. The molecule has 1 aromatic rings. The number of carbonyl (C=O) groups excluding carboxylic acids is 4. The van der Waals surface area contributed by atoms with Crippen LogP contribution in [0.3, 0.4) is 0 Å². The summed E-state index contributed by atoms with van der Waals surface area (Å²) in [5.41, 5.74) is 0.529. The predicted molar refractivity (Wildman–Crippen MR) is 85.1 cm³/mol. The molecule has 122 valence electrons. The third kappa shape index (κ3) is 3.44. The molecule has 23 heavy (non-hydrogen) atoms. The van der Waals surface area contributed by atoms with E-state index in [1.165, 1.54) is 7.11 Å². The lowest BCUT2D eigenvalue weighted by molar-refractivity contribution is -0.145. The van der Waals surface area contributed by atoms with Crippen molar-refractivity contribution in [3.63, 3.8) is 0 Å². The van der Waals surface area contributed by atoms with Gasteiger partial charge in [0.05, 0.1) is 18.2 Å². The number of hydrogen-bond acceptors (Lipinski definition) is 6. The summed E-state index contributed by atoms with van der Waals surface area (Å²) in [6, 6.07) is 5.31. The van der Waals surface area contributed by atoms with Crippen LogP contribution in [-0.2, 0) is 14.3 Å². The Hall–Kier alpha value is -2.15. The minimum atomic E-state index is -1.09. The van der Waals surface area contributed by atoms with Crippen LogP contribution in [-0.4, -0.2) is 46.7 Å². The normalized spacial score (nSPS) is 14.6. The molecule has 0 saturated heterocycles. The van der Waals surface area contributed by atoms with Crippen LogP contribution in [0.15, 0.2) is 24.3 Å². The first kappa shape index (κ1) is 17.2. The molecule has 0 bridgehead atoms. The summed E-state index contributed by atoms with van der Waals surface area (Å²) in [5.74, 6) is -1.13. The number of hydrogen-bond donors (Lipinski definition) is 0. The van der Waals surface area contributed by atoms with Crippen molar-refractivity contribution in [3.8, 4) is 0 Å². The van der Waals surface area contributed by atoms with Gasteiger partial charge in [0.2, 0.25) is 0 Å². The van der Waals surface area contributed by atoms with Crippen LogP contribution >= 0.6 is 11.8 Å². The fraction of sp³-hybridized carbons (Fsp3) is 0.375. The van der Waals surface area contributed by atoms with Crippen molar-refractivity contribution in [1.82, 2.24) is 4.90 Å². The summed E-state index contributed by atoms with van der Waals surface area (Å²) >= 11 is 1.14. The van der Waals surface area contributed by atoms with Gasteiger partial charge in [0, 0.05) is 6.42 Å². The molecular formula is C16H17NO5S. The number of benzene rings is 1. The number of thioether (sulfide) groups is 1. The average molecular weight is 335 g/mol. The second kappa shape index (κ2) is 7.41. The fourth-order valence-electron chi connectivity index (χ4n) is 2.47. The number of esters is 1. The van der Waals surface area contributed by atoms with Gasteiger partial charge in [-0.1, -0.05) is 30.8 Å². The number of rotatable bonds is 6. The van der Waals surface area contributed by atoms with Crippen LogP contribution in [0.2, 0.25) is 0 Å². The molecule has 2 amide bonds. The minimum absolute atomic E-state index is 0.0595. The van der Waals surface area contributed by atoms with Crippen molar-refractivity contribution in [1.29, 1.82) is 0 Å². The number of amides is 2. The van der Waals surface area contributed by atoms with Crippen LogP contribution in [0.1, 0.15) is 40.5 Å². The largest absolute Gasteiger partial charge is 0.467 e. The van der Waals surface area contributed by atoms with Gasteiger partial charge in [0.25, 0.3) is 11.8 Å². The van der Waals surface area contributed by atoms with Gasteiger partial charge in [-0.2, -0.15) is 0 Å². The monoisotopic (exact) mass is 335 g/mol. The van der Waals surface area contributed by atoms with Gasteiger partial charge in [-0.05, 0) is 24.3 Å². The average Bonchev–Trinajstić information content (AvgIpc) is 2.80. The molecule has 0 N–H and O–H groups in total. The topological polar surface area (TPSA) is 80.8 Å². The molecule has 1 aliphatic rings. The lowest BCUT2D eigenvalue weighted by Gasteiger charge is -2.23. The summed E-state index contributed by atoms with van der Waals surface area (Å²) in [6.45, 7) is 1.85. The zero-order valence-electron chi connectivity index (χ0n) is 12.9. The molecule has 1 heterocycles. The molecule has 1 atom stereocenters. The van der Waals surface area contributed by atoms with Gasteiger partial charge in [0.15, 0.2) is 5.12 Å². The van der Waals surface area contributed by atoms with Crippen LogP contribution in [0, 0.1) is 0 Å². The van der Waals surface area contributed by atoms with Gasteiger partial charge in [-0.15, -0.1) is 0 Å². The van der Waals surface area contributed by atoms with Gasteiger partial charge in [-0.3, -0.25) is 19.3 Å². The zero-order valence-corrected chi connectivity index (χ0v) is 13.7. The Balaban J connectivity index is 2.23. The molecule has 1 aliphatic heterocycles. The first-order chi connectivity index (χ1) is 11.0. The van der Waals surface area contributed by atoms with E-state index in [2.05, 4.69) is 0 Å². The van der Waals surface area contributed by atoms with E-state index in [1.807, 2.05) is 6.92 Å². The highest BCUT2D eigenvalue weighted by atomic mass is 32.2. The van der Waals surface area contributed by atoms with Crippen molar-refractivity contribution in [2.45, 2.75) is 25.8 Å². The summed E-state index contributed by atoms with van der Waals surface area (Å²) < 4.78 is 4.71. The van der Waals surface area contributed by atoms with E-state index in [4.69, 9.17) is 4.74 Å². The fourth-order valence-corrected chi connectivity index (χ4v) is 3.05. The number of fused-ring (bicyclic) bond motifs is 1. The third-order valence-corrected chi connectivity index (χ3v) is 4.35. The van der Waals surface area contributed by atoms with Crippen molar-refractivity contribution in [2.24, 2.45) is 0 Å². The van der Waals surface area contributed by atoms with Crippen molar-refractivity contribution < 1.29 is 23.9 Å². The molecule has 0 fully saturated rings. The van der Waals surface area contributed by atoms with Crippen LogP contribution in [0.4, 0.5) is 0 Å². The maximum atomic E-state index is 12.4. The molecule has 0 aromatic heterocycles. The van der Waals surface area contributed by atoms with E-state index in [0.29, 0.717) is 5.75 Å². The van der Waals surface area contributed by atoms with Gasteiger partial charge in [0.1, 0.15) is 6.04 Å². The summed E-state index contributed by atoms with van der Waals surface area (Å²) in [6.07, 6.45) is 0.148. The van der Waals surface area contributed by atoms with Crippen molar-refractivity contribution in [2.75, 3.05) is 12.9 Å². The molecule has 0 spiro atoms. The van der Waals surface area contributed by atoms with Gasteiger partial charge < -0.3 is 4.74 Å². The Kier molecular flexibility index (Phi) is 5.54. The summed E-state index contributed by atoms with van der Waals surface area (Å²) in [4.78, 5) is 49.5. The third-order valence-electron chi connectivity index (χ3n) is 3.54. The first-order valence-corrected chi connectivity index (χ1v) is 8.20. The number of ether oxygens (including phenoxy) is 1. The summed E-state index contributed by atoms with van der Waals surface area (Å²) in [5, 5.41) is -0.0852. The molecule has 1 aromatic carbocycles. The van der Waals surface area contributed by atoms with E-state index < -0.39 is 23.8 Å². The lowest BCUT2D eigenvalue weighted by atomic mass is 10.1. The number of carbonyl (C=O) groups is 4. The van der Waals surface area contributed by atoms with E-state index in [0.717, 1.165) is 16.7 Å². The molecule has 0 saturated carbocycles. The quantitative estimate of drug-likeness (QED) is 0.583. The smallest absolute Gasteiger partial charge is 0.329 e. The molecule has 7 heteroatoms. The van der Waals surface area contributed by atoms with Crippen LogP contribution < -0.4 is 0 Å². The molecular weight excluding hydrogens is 318 g/mol. The SMILES string of the molecule is CCSC(=O)CC[C@@H](C(=O)OC)N1C(=O)c2ccccc2C1=O.